The normalized spacial score (nSPS) is 16.5. The van der Waals surface area contributed by atoms with Crippen LogP contribution in [0.2, 0.25) is 0 Å². The lowest BCUT2D eigenvalue weighted by Crippen LogP contribution is -2.35. The fourth-order valence-corrected chi connectivity index (χ4v) is 3.70. The van der Waals surface area contributed by atoms with E-state index < -0.39 is 0 Å². The predicted octanol–water partition coefficient (Wildman–Crippen LogP) is 1.49. The van der Waals surface area contributed by atoms with Gasteiger partial charge in [-0.3, -0.25) is 14.1 Å². The lowest BCUT2D eigenvalue weighted by molar-refractivity contribution is 0.143. The Morgan fingerprint density at radius 1 is 1.45 bits per heavy atom. The van der Waals surface area contributed by atoms with E-state index in [1.807, 2.05) is 5.38 Å². The van der Waals surface area contributed by atoms with Crippen molar-refractivity contribution in [1.82, 2.24) is 14.3 Å². The number of hydrogen-bond donors (Lipinski definition) is 1. The molecule has 0 unspecified atom stereocenters. The van der Waals surface area contributed by atoms with Gasteiger partial charge >= 0.3 is 0 Å². The molecule has 20 heavy (non-hydrogen) atoms. The Morgan fingerprint density at radius 2 is 2.25 bits per heavy atom. The Kier molecular flexibility index (Phi) is 4.14. The number of hydrogen-bond acceptors (Lipinski definition) is 5. The molecule has 2 heterocycles. The summed E-state index contributed by atoms with van der Waals surface area (Å²) in [6.45, 7) is 1.45. The first kappa shape index (κ1) is 13.7. The molecule has 1 saturated carbocycles. The quantitative estimate of drug-likeness (QED) is 0.907. The van der Waals surface area contributed by atoms with E-state index >= 15 is 0 Å². The minimum Gasteiger partial charge on any atom is -0.395 e. The van der Waals surface area contributed by atoms with E-state index in [9.17, 15) is 9.90 Å². The zero-order chi connectivity index (χ0) is 13.9. The summed E-state index contributed by atoms with van der Waals surface area (Å²) in [5, 5.41) is 11.1. The van der Waals surface area contributed by atoms with Gasteiger partial charge in [-0.1, -0.05) is 12.8 Å². The zero-order valence-electron chi connectivity index (χ0n) is 11.4. The van der Waals surface area contributed by atoms with Gasteiger partial charge in [0, 0.05) is 36.8 Å². The molecule has 3 rings (SSSR count). The van der Waals surface area contributed by atoms with Gasteiger partial charge in [-0.25, -0.2) is 4.98 Å². The first-order chi connectivity index (χ1) is 9.78. The standard InChI is InChI=1S/C14H19N3O2S/c18-7-5-16(12-3-1-2-4-12)10-11-9-13(19)17-6-8-20-14(17)15-11/h6,8-9,12,18H,1-5,7,10H2. The Morgan fingerprint density at radius 3 is 3.00 bits per heavy atom. The van der Waals surface area contributed by atoms with E-state index in [0.29, 0.717) is 19.1 Å². The molecule has 0 spiro atoms. The number of aliphatic hydroxyl groups is 1. The molecule has 0 radical (unpaired) electrons. The van der Waals surface area contributed by atoms with Crippen LogP contribution in [-0.2, 0) is 6.54 Å². The second-order valence-electron chi connectivity index (χ2n) is 5.27. The summed E-state index contributed by atoms with van der Waals surface area (Å²) in [7, 11) is 0. The Hall–Kier alpha value is -1.24. The van der Waals surface area contributed by atoms with E-state index in [1.54, 1.807) is 16.7 Å². The van der Waals surface area contributed by atoms with Gasteiger partial charge in [0.25, 0.3) is 5.56 Å². The molecule has 2 aromatic heterocycles. The highest BCUT2D eigenvalue weighted by Crippen LogP contribution is 2.24. The largest absolute Gasteiger partial charge is 0.395 e. The van der Waals surface area contributed by atoms with Crippen LogP contribution in [0, 0.1) is 0 Å². The number of nitrogens with zero attached hydrogens (tertiary/aromatic N) is 3. The summed E-state index contributed by atoms with van der Waals surface area (Å²) in [6, 6.07) is 2.13. The predicted molar refractivity (Wildman–Crippen MR) is 79.1 cm³/mol. The molecular weight excluding hydrogens is 274 g/mol. The highest BCUT2D eigenvalue weighted by molar-refractivity contribution is 7.15. The Bertz CT molecular complexity index is 631. The van der Waals surface area contributed by atoms with Crippen molar-refractivity contribution in [3.8, 4) is 0 Å². The number of rotatable bonds is 5. The fraction of sp³-hybridized carbons (Fsp3) is 0.571. The minimum absolute atomic E-state index is 0.0263. The van der Waals surface area contributed by atoms with Gasteiger partial charge in [-0.15, -0.1) is 11.3 Å². The van der Waals surface area contributed by atoms with Crippen LogP contribution in [0.15, 0.2) is 22.4 Å². The molecule has 5 nitrogen and oxygen atoms in total. The van der Waals surface area contributed by atoms with Crippen molar-refractivity contribution in [2.45, 2.75) is 38.3 Å². The molecular formula is C14H19N3O2S. The molecule has 0 aromatic carbocycles. The third-order valence-electron chi connectivity index (χ3n) is 3.95. The molecule has 1 fully saturated rings. The van der Waals surface area contributed by atoms with Gasteiger partial charge in [-0.2, -0.15) is 0 Å². The molecule has 108 valence electrons. The Balaban J connectivity index is 1.83. The fourth-order valence-electron chi connectivity index (χ4n) is 2.97. The van der Waals surface area contributed by atoms with E-state index in [4.69, 9.17) is 0 Å². The van der Waals surface area contributed by atoms with Crippen LogP contribution in [0.3, 0.4) is 0 Å². The van der Waals surface area contributed by atoms with Crippen LogP contribution in [0.4, 0.5) is 0 Å². The average molecular weight is 293 g/mol. The summed E-state index contributed by atoms with van der Waals surface area (Å²) < 4.78 is 1.57. The van der Waals surface area contributed by atoms with Crippen molar-refractivity contribution in [3.63, 3.8) is 0 Å². The minimum atomic E-state index is -0.0263. The first-order valence-corrected chi connectivity index (χ1v) is 7.96. The van der Waals surface area contributed by atoms with E-state index in [-0.39, 0.29) is 12.2 Å². The second kappa shape index (κ2) is 6.03. The number of fused-ring (bicyclic) bond motifs is 1. The molecule has 0 bridgehead atoms. The van der Waals surface area contributed by atoms with Gasteiger partial charge in [0.15, 0.2) is 4.96 Å². The number of aromatic nitrogens is 2. The van der Waals surface area contributed by atoms with Gasteiger partial charge in [0.2, 0.25) is 0 Å². The maximum atomic E-state index is 12.0. The molecule has 6 heteroatoms. The van der Waals surface area contributed by atoms with Crippen molar-refractivity contribution >= 4 is 16.3 Å². The summed E-state index contributed by atoms with van der Waals surface area (Å²) in [5.74, 6) is 0. The average Bonchev–Trinajstić information content (AvgIpc) is 3.09. The third-order valence-corrected chi connectivity index (χ3v) is 4.71. The van der Waals surface area contributed by atoms with Crippen LogP contribution in [0.1, 0.15) is 31.4 Å². The monoisotopic (exact) mass is 293 g/mol. The summed E-state index contributed by atoms with van der Waals surface area (Å²) in [5.41, 5.74) is 0.777. The number of aliphatic hydroxyl groups excluding tert-OH is 1. The van der Waals surface area contributed by atoms with Crippen LogP contribution in [0.5, 0.6) is 0 Å². The van der Waals surface area contributed by atoms with Crippen LogP contribution in [0.25, 0.3) is 4.96 Å². The summed E-state index contributed by atoms with van der Waals surface area (Å²) in [6.07, 6.45) is 6.63. The Labute approximate surface area is 121 Å². The molecule has 0 atom stereocenters. The van der Waals surface area contributed by atoms with Crippen molar-refractivity contribution < 1.29 is 5.11 Å². The second-order valence-corrected chi connectivity index (χ2v) is 6.15. The topological polar surface area (TPSA) is 57.8 Å². The van der Waals surface area contributed by atoms with Crippen molar-refractivity contribution in [2.75, 3.05) is 13.2 Å². The van der Waals surface area contributed by atoms with E-state index in [1.165, 1.54) is 37.0 Å². The zero-order valence-corrected chi connectivity index (χ0v) is 12.2. The summed E-state index contributed by atoms with van der Waals surface area (Å²) in [4.78, 5) is 19.5. The maximum Gasteiger partial charge on any atom is 0.258 e. The molecule has 0 saturated heterocycles. The van der Waals surface area contributed by atoms with Gasteiger partial charge in [0.1, 0.15) is 0 Å². The molecule has 0 amide bonds. The molecule has 0 aliphatic heterocycles. The van der Waals surface area contributed by atoms with Gasteiger partial charge in [-0.05, 0) is 12.8 Å². The third kappa shape index (κ3) is 2.77. The molecule has 2 aromatic rings. The smallest absolute Gasteiger partial charge is 0.258 e. The van der Waals surface area contributed by atoms with Crippen LogP contribution in [-0.4, -0.2) is 38.6 Å². The number of thiazole rings is 1. The van der Waals surface area contributed by atoms with Crippen molar-refractivity contribution in [1.29, 1.82) is 0 Å². The highest BCUT2D eigenvalue weighted by Gasteiger charge is 2.22. The van der Waals surface area contributed by atoms with Crippen LogP contribution >= 0.6 is 11.3 Å². The lowest BCUT2D eigenvalue weighted by atomic mass is 10.2. The maximum absolute atomic E-state index is 12.0. The van der Waals surface area contributed by atoms with E-state index in [2.05, 4.69) is 9.88 Å². The first-order valence-electron chi connectivity index (χ1n) is 7.08. The van der Waals surface area contributed by atoms with E-state index in [0.717, 1.165) is 10.7 Å². The molecule has 1 N–H and O–H groups in total. The SMILES string of the molecule is O=c1cc(CN(CCO)C2CCCC2)nc2sccn12. The summed E-state index contributed by atoms with van der Waals surface area (Å²) >= 11 is 1.47. The van der Waals surface area contributed by atoms with Crippen LogP contribution < -0.4 is 5.56 Å². The van der Waals surface area contributed by atoms with Crippen molar-refractivity contribution in [3.05, 3.63) is 33.7 Å². The van der Waals surface area contributed by atoms with Crippen molar-refractivity contribution in [2.24, 2.45) is 0 Å². The van der Waals surface area contributed by atoms with Gasteiger partial charge in [0.05, 0.1) is 12.3 Å². The molecule has 1 aliphatic carbocycles. The molecule has 1 aliphatic rings. The lowest BCUT2D eigenvalue weighted by Gasteiger charge is -2.27. The highest BCUT2D eigenvalue weighted by atomic mass is 32.1. The van der Waals surface area contributed by atoms with Gasteiger partial charge < -0.3 is 5.11 Å².